The maximum absolute atomic E-state index is 11.6. The van der Waals surface area contributed by atoms with Crippen LogP contribution in [-0.4, -0.2) is 24.3 Å². The van der Waals surface area contributed by atoms with Crippen molar-refractivity contribution >= 4 is 17.4 Å². The van der Waals surface area contributed by atoms with Gasteiger partial charge in [-0.3, -0.25) is 0 Å². The van der Waals surface area contributed by atoms with E-state index >= 15 is 0 Å². The molecule has 1 rings (SSSR count). The normalized spacial score (nSPS) is 11.3. The molecule has 0 atom stereocenters. The fourth-order valence-corrected chi connectivity index (χ4v) is 2.36. The molecule has 4 nitrogen and oxygen atoms in total. The molecule has 0 bridgehead atoms. The van der Waals surface area contributed by atoms with Crippen molar-refractivity contribution in [3.8, 4) is 0 Å². The molecule has 0 unspecified atom stereocenters. The molecule has 1 aromatic rings. The highest BCUT2D eigenvalue weighted by Crippen LogP contribution is 2.18. The highest BCUT2D eigenvalue weighted by atomic mass is 32.1. The van der Waals surface area contributed by atoms with Crippen molar-refractivity contribution < 1.29 is 9.90 Å². The van der Waals surface area contributed by atoms with Crippen LogP contribution in [-0.2, 0) is 6.54 Å². The molecule has 0 radical (unpaired) electrons. The van der Waals surface area contributed by atoms with E-state index < -0.39 is 0 Å². The van der Waals surface area contributed by atoms with Crippen LogP contribution in [0.2, 0.25) is 0 Å². The van der Waals surface area contributed by atoms with E-state index in [4.69, 9.17) is 5.11 Å². The number of hydrogen-bond donors (Lipinski definition) is 3. The molecule has 0 aliphatic rings. The Labute approximate surface area is 112 Å². The molecule has 5 heteroatoms. The van der Waals surface area contributed by atoms with Crippen molar-refractivity contribution in [3.05, 3.63) is 21.9 Å². The lowest BCUT2D eigenvalue weighted by Crippen LogP contribution is -2.40. The van der Waals surface area contributed by atoms with Crippen LogP contribution in [0.1, 0.15) is 30.7 Å². The molecular weight excluding hydrogens is 248 g/mol. The van der Waals surface area contributed by atoms with E-state index in [1.807, 2.05) is 32.2 Å². The summed E-state index contributed by atoms with van der Waals surface area (Å²) in [4.78, 5) is 12.8. The van der Waals surface area contributed by atoms with Gasteiger partial charge in [0.25, 0.3) is 0 Å². The third-order valence-corrected chi connectivity index (χ3v) is 3.92. The lowest BCUT2D eigenvalue weighted by Gasteiger charge is -2.23. The summed E-state index contributed by atoms with van der Waals surface area (Å²) in [6.07, 6.45) is 0.678. The van der Waals surface area contributed by atoms with E-state index in [-0.39, 0.29) is 18.1 Å². The first-order valence-electron chi connectivity index (χ1n) is 6.10. The Morgan fingerprint density at radius 2 is 2.17 bits per heavy atom. The number of aliphatic hydroxyl groups excluding tert-OH is 1. The average molecular weight is 270 g/mol. The van der Waals surface area contributed by atoms with Crippen LogP contribution in [0, 0.1) is 12.3 Å². The molecule has 1 heterocycles. The molecule has 102 valence electrons. The first-order chi connectivity index (χ1) is 8.44. The fourth-order valence-electron chi connectivity index (χ4n) is 1.52. The molecule has 0 saturated carbocycles. The van der Waals surface area contributed by atoms with Crippen molar-refractivity contribution in [1.82, 2.24) is 10.6 Å². The van der Waals surface area contributed by atoms with Gasteiger partial charge in [-0.25, -0.2) is 4.79 Å². The summed E-state index contributed by atoms with van der Waals surface area (Å²) >= 11 is 1.65. The van der Waals surface area contributed by atoms with Crippen LogP contribution >= 0.6 is 11.3 Å². The Morgan fingerprint density at radius 1 is 1.44 bits per heavy atom. The van der Waals surface area contributed by atoms with Gasteiger partial charge in [0.2, 0.25) is 0 Å². The monoisotopic (exact) mass is 270 g/mol. The van der Waals surface area contributed by atoms with Crippen LogP contribution in [0.25, 0.3) is 0 Å². The lowest BCUT2D eigenvalue weighted by molar-refractivity contribution is 0.201. The Hall–Kier alpha value is -1.07. The summed E-state index contributed by atoms with van der Waals surface area (Å²) in [5.41, 5.74) is 1.13. The molecule has 0 fully saturated rings. The van der Waals surface area contributed by atoms with Crippen LogP contribution in [0.15, 0.2) is 11.4 Å². The average Bonchev–Trinajstić information content (AvgIpc) is 2.70. The minimum absolute atomic E-state index is 0.0784. The van der Waals surface area contributed by atoms with Crippen LogP contribution in [0.3, 0.4) is 0 Å². The summed E-state index contributed by atoms with van der Waals surface area (Å²) < 4.78 is 0. The van der Waals surface area contributed by atoms with E-state index in [0.717, 1.165) is 0 Å². The van der Waals surface area contributed by atoms with Gasteiger partial charge in [-0.2, -0.15) is 0 Å². The molecule has 18 heavy (non-hydrogen) atoms. The SMILES string of the molecule is Cc1ccsc1CNC(=O)NCC(C)(C)CCO. The third kappa shape index (κ3) is 5.06. The zero-order valence-corrected chi connectivity index (χ0v) is 12.1. The predicted octanol–water partition coefficient (Wildman–Crippen LogP) is 2.26. The van der Waals surface area contributed by atoms with Gasteiger partial charge in [0.1, 0.15) is 0 Å². The second-order valence-corrected chi connectivity index (χ2v) is 6.20. The first kappa shape index (κ1) is 15.0. The maximum atomic E-state index is 11.6. The molecule has 0 aromatic carbocycles. The number of thiophene rings is 1. The zero-order valence-electron chi connectivity index (χ0n) is 11.2. The first-order valence-corrected chi connectivity index (χ1v) is 6.98. The molecule has 1 aromatic heterocycles. The number of aryl methyl sites for hydroxylation is 1. The Balaban J connectivity index is 2.28. The maximum Gasteiger partial charge on any atom is 0.315 e. The minimum atomic E-state index is -0.159. The van der Waals surface area contributed by atoms with Crippen LogP contribution in [0.4, 0.5) is 4.79 Å². The number of aliphatic hydroxyl groups is 1. The fraction of sp³-hybridized carbons (Fsp3) is 0.615. The van der Waals surface area contributed by atoms with E-state index in [0.29, 0.717) is 19.5 Å². The van der Waals surface area contributed by atoms with Crippen LogP contribution < -0.4 is 10.6 Å². The van der Waals surface area contributed by atoms with Crippen molar-refractivity contribution in [2.75, 3.05) is 13.2 Å². The van der Waals surface area contributed by atoms with Gasteiger partial charge < -0.3 is 15.7 Å². The lowest BCUT2D eigenvalue weighted by atomic mass is 9.90. The van der Waals surface area contributed by atoms with E-state index in [1.54, 1.807) is 11.3 Å². The number of nitrogens with one attached hydrogen (secondary N) is 2. The topological polar surface area (TPSA) is 61.4 Å². The second-order valence-electron chi connectivity index (χ2n) is 5.20. The number of carbonyl (C=O) groups is 1. The van der Waals surface area contributed by atoms with Gasteiger partial charge in [-0.1, -0.05) is 13.8 Å². The second kappa shape index (κ2) is 6.75. The standard InChI is InChI=1S/C13H22N2O2S/c1-10-4-7-18-11(10)8-14-12(17)15-9-13(2,3)5-6-16/h4,7,16H,5-6,8-9H2,1-3H3,(H2,14,15,17). The largest absolute Gasteiger partial charge is 0.396 e. The van der Waals surface area contributed by atoms with Gasteiger partial charge in [-0.15, -0.1) is 11.3 Å². The Kier molecular flexibility index (Phi) is 5.62. The van der Waals surface area contributed by atoms with Crippen molar-refractivity contribution in [1.29, 1.82) is 0 Å². The van der Waals surface area contributed by atoms with Crippen molar-refractivity contribution in [3.63, 3.8) is 0 Å². The van der Waals surface area contributed by atoms with E-state index in [1.165, 1.54) is 10.4 Å². The van der Waals surface area contributed by atoms with Gasteiger partial charge in [-0.05, 0) is 35.8 Å². The number of hydrogen-bond acceptors (Lipinski definition) is 3. The predicted molar refractivity (Wildman–Crippen MR) is 74.8 cm³/mol. The minimum Gasteiger partial charge on any atom is -0.396 e. The highest BCUT2D eigenvalue weighted by molar-refractivity contribution is 7.10. The molecule has 3 N–H and O–H groups in total. The number of amides is 2. The Morgan fingerprint density at radius 3 is 2.72 bits per heavy atom. The summed E-state index contributed by atoms with van der Waals surface area (Å²) in [5.74, 6) is 0. The van der Waals surface area contributed by atoms with Gasteiger partial charge in [0, 0.05) is 18.0 Å². The molecular formula is C13H22N2O2S. The number of rotatable bonds is 6. The molecule has 0 aliphatic heterocycles. The molecule has 0 spiro atoms. The quantitative estimate of drug-likeness (QED) is 0.742. The summed E-state index contributed by atoms with van der Waals surface area (Å²) in [6, 6.07) is 1.89. The summed E-state index contributed by atoms with van der Waals surface area (Å²) in [6.45, 7) is 7.35. The van der Waals surface area contributed by atoms with Crippen LogP contribution in [0.5, 0.6) is 0 Å². The molecule has 0 aliphatic carbocycles. The molecule has 0 saturated heterocycles. The number of carbonyl (C=O) groups excluding carboxylic acids is 1. The third-order valence-electron chi connectivity index (χ3n) is 2.89. The van der Waals surface area contributed by atoms with Crippen molar-refractivity contribution in [2.45, 2.75) is 33.7 Å². The molecule has 2 amide bonds. The summed E-state index contributed by atoms with van der Waals surface area (Å²) in [7, 11) is 0. The smallest absolute Gasteiger partial charge is 0.315 e. The number of urea groups is 1. The zero-order chi connectivity index (χ0) is 13.6. The Bertz CT molecular complexity index is 388. The van der Waals surface area contributed by atoms with Gasteiger partial charge in [0.05, 0.1) is 6.54 Å². The summed E-state index contributed by atoms with van der Waals surface area (Å²) in [5, 5.41) is 16.6. The van der Waals surface area contributed by atoms with Gasteiger partial charge in [0.15, 0.2) is 0 Å². The van der Waals surface area contributed by atoms with Gasteiger partial charge >= 0.3 is 6.03 Å². The van der Waals surface area contributed by atoms with E-state index in [9.17, 15) is 4.79 Å². The highest BCUT2D eigenvalue weighted by Gasteiger charge is 2.17. The van der Waals surface area contributed by atoms with E-state index in [2.05, 4.69) is 10.6 Å². The van der Waals surface area contributed by atoms with Crippen molar-refractivity contribution in [2.24, 2.45) is 5.41 Å².